The lowest BCUT2D eigenvalue weighted by Gasteiger charge is -2.30. The highest BCUT2D eigenvalue weighted by Gasteiger charge is 2.45. The molecule has 10 heteroatoms. The Hall–Kier alpha value is -1.96. The second-order valence-corrected chi connectivity index (χ2v) is 8.07. The predicted octanol–water partition coefficient (Wildman–Crippen LogP) is 5.45. The first kappa shape index (κ1) is 22.7. The van der Waals surface area contributed by atoms with Crippen molar-refractivity contribution in [2.45, 2.75) is 25.2 Å². The molecule has 1 atom stereocenters. The molecule has 0 aromatic heterocycles. The molecule has 1 saturated heterocycles. The monoisotopic (exact) mass is 478 g/mol. The van der Waals surface area contributed by atoms with Gasteiger partial charge in [-0.2, -0.15) is 13.2 Å². The minimum atomic E-state index is -4.96. The Morgan fingerprint density at radius 1 is 1.07 bits per heavy atom. The maximum atomic E-state index is 13.2. The Morgan fingerprint density at radius 3 is 2.37 bits per heavy atom. The lowest BCUT2D eigenvalue weighted by molar-refractivity contribution is -0.184. The third-order valence-electron chi connectivity index (χ3n) is 4.86. The van der Waals surface area contributed by atoms with Crippen molar-refractivity contribution in [2.24, 2.45) is 0 Å². The number of carbonyl (C=O) groups is 2. The van der Waals surface area contributed by atoms with Gasteiger partial charge in [-0.3, -0.25) is 9.59 Å². The van der Waals surface area contributed by atoms with Crippen molar-refractivity contribution in [3.63, 3.8) is 0 Å². The van der Waals surface area contributed by atoms with Gasteiger partial charge >= 0.3 is 12.1 Å². The number of rotatable bonds is 4. The number of amides is 2. The molecule has 1 heterocycles. The topological polar surface area (TPSA) is 40.6 Å². The Balaban J connectivity index is 1.90. The van der Waals surface area contributed by atoms with Crippen molar-refractivity contribution in [1.29, 1.82) is 0 Å². The molecular weight excluding hydrogens is 464 g/mol. The van der Waals surface area contributed by atoms with Crippen LogP contribution in [-0.2, 0) is 11.3 Å². The van der Waals surface area contributed by atoms with E-state index in [1.54, 1.807) is 30.3 Å². The van der Waals surface area contributed by atoms with Crippen molar-refractivity contribution in [2.75, 3.05) is 13.1 Å². The number of hydrogen-bond donors (Lipinski definition) is 0. The van der Waals surface area contributed by atoms with Crippen molar-refractivity contribution in [3.05, 3.63) is 68.7 Å². The van der Waals surface area contributed by atoms with Crippen LogP contribution in [0.5, 0.6) is 0 Å². The third kappa shape index (κ3) is 5.02. The van der Waals surface area contributed by atoms with E-state index in [4.69, 9.17) is 34.8 Å². The van der Waals surface area contributed by atoms with Crippen LogP contribution in [0.2, 0.25) is 15.1 Å². The molecule has 2 aromatic carbocycles. The summed E-state index contributed by atoms with van der Waals surface area (Å²) >= 11 is 18.2. The molecule has 0 saturated carbocycles. The molecule has 0 unspecified atom stereocenters. The summed E-state index contributed by atoms with van der Waals surface area (Å²) in [5.41, 5.74) is 0.866. The van der Waals surface area contributed by atoms with Gasteiger partial charge < -0.3 is 9.80 Å². The maximum Gasteiger partial charge on any atom is 0.471 e. The Morgan fingerprint density at radius 2 is 1.73 bits per heavy atom. The first-order chi connectivity index (χ1) is 14.1. The molecule has 1 aliphatic rings. The zero-order valence-electron chi connectivity index (χ0n) is 15.4. The Labute approximate surface area is 186 Å². The highest BCUT2D eigenvalue weighted by atomic mass is 35.5. The van der Waals surface area contributed by atoms with Crippen LogP contribution in [0.3, 0.4) is 0 Å². The molecular formula is C20H16Cl3F3N2O2. The summed E-state index contributed by atoms with van der Waals surface area (Å²) in [6.45, 7) is -0.299. The average molecular weight is 480 g/mol. The van der Waals surface area contributed by atoms with Crippen LogP contribution in [0.4, 0.5) is 13.2 Å². The molecule has 160 valence electrons. The zero-order chi connectivity index (χ0) is 22.1. The van der Waals surface area contributed by atoms with Crippen LogP contribution in [0.1, 0.15) is 22.3 Å². The normalized spacial score (nSPS) is 16.6. The molecule has 2 aromatic rings. The molecule has 0 spiro atoms. The molecule has 1 fully saturated rings. The van der Waals surface area contributed by atoms with Gasteiger partial charge in [0.05, 0.1) is 16.1 Å². The molecule has 3 rings (SSSR count). The predicted molar refractivity (Wildman–Crippen MR) is 109 cm³/mol. The molecule has 0 N–H and O–H groups in total. The Kier molecular flexibility index (Phi) is 6.84. The van der Waals surface area contributed by atoms with Gasteiger partial charge in [-0.25, -0.2) is 0 Å². The van der Waals surface area contributed by atoms with Gasteiger partial charge in [0, 0.05) is 30.2 Å². The van der Waals surface area contributed by atoms with Crippen LogP contribution < -0.4 is 0 Å². The zero-order valence-corrected chi connectivity index (χ0v) is 17.7. The maximum absolute atomic E-state index is 13.2. The van der Waals surface area contributed by atoms with Gasteiger partial charge in [-0.05, 0) is 42.3 Å². The van der Waals surface area contributed by atoms with Crippen LogP contribution in [-0.4, -0.2) is 46.9 Å². The quantitative estimate of drug-likeness (QED) is 0.585. The fourth-order valence-electron chi connectivity index (χ4n) is 3.34. The Bertz CT molecular complexity index is 951. The summed E-state index contributed by atoms with van der Waals surface area (Å²) in [6.07, 6.45) is -4.75. The van der Waals surface area contributed by atoms with E-state index in [1.807, 2.05) is 0 Å². The molecule has 30 heavy (non-hydrogen) atoms. The summed E-state index contributed by atoms with van der Waals surface area (Å²) < 4.78 is 38.5. The molecule has 0 aliphatic carbocycles. The van der Waals surface area contributed by atoms with Crippen molar-refractivity contribution in [1.82, 2.24) is 9.80 Å². The van der Waals surface area contributed by atoms with Crippen molar-refractivity contribution < 1.29 is 22.8 Å². The first-order valence-corrected chi connectivity index (χ1v) is 10.1. The highest BCUT2D eigenvalue weighted by molar-refractivity contribution is 6.42. The largest absolute Gasteiger partial charge is 0.471 e. The van der Waals surface area contributed by atoms with E-state index in [1.165, 1.54) is 17.0 Å². The minimum absolute atomic E-state index is 0.0273. The molecule has 2 amide bonds. The van der Waals surface area contributed by atoms with E-state index in [0.717, 1.165) is 0 Å². The standard InChI is InChI=1S/C20H16Cl3F3N2O2/c21-14-6-4-12(5-7-14)18(29)28(10-13-2-1-3-16(22)17(13)23)15-8-9-27(11-15)19(30)20(24,25)26/h1-7,15H,8-11H2/t15-/m1/s1. The first-order valence-electron chi connectivity index (χ1n) is 8.93. The highest BCUT2D eigenvalue weighted by Crippen LogP contribution is 2.30. The van der Waals surface area contributed by atoms with Gasteiger partial charge in [0.25, 0.3) is 5.91 Å². The third-order valence-corrected chi connectivity index (χ3v) is 5.97. The van der Waals surface area contributed by atoms with Crippen LogP contribution >= 0.6 is 34.8 Å². The summed E-state index contributed by atoms with van der Waals surface area (Å²) in [6, 6.07) is 10.5. The van der Waals surface area contributed by atoms with E-state index >= 15 is 0 Å². The van der Waals surface area contributed by atoms with E-state index in [9.17, 15) is 22.8 Å². The number of halogens is 6. The molecule has 0 bridgehead atoms. The summed E-state index contributed by atoms with van der Waals surface area (Å²) in [4.78, 5) is 26.9. The summed E-state index contributed by atoms with van der Waals surface area (Å²) in [5, 5.41) is 1.00. The SMILES string of the molecule is O=C(c1ccc(Cl)cc1)N(Cc1cccc(Cl)c1Cl)[C@@H]1CCN(C(=O)C(F)(F)F)C1. The summed E-state index contributed by atoms with van der Waals surface area (Å²) in [7, 11) is 0. The van der Waals surface area contributed by atoms with Crippen molar-refractivity contribution >= 4 is 46.6 Å². The smallest absolute Gasteiger partial charge is 0.333 e. The number of alkyl halides is 3. The number of benzene rings is 2. The minimum Gasteiger partial charge on any atom is -0.333 e. The molecule has 4 nitrogen and oxygen atoms in total. The fourth-order valence-corrected chi connectivity index (χ4v) is 3.84. The second-order valence-electron chi connectivity index (χ2n) is 6.84. The van der Waals surface area contributed by atoms with Crippen LogP contribution in [0.25, 0.3) is 0 Å². The molecule has 0 radical (unpaired) electrons. The number of nitrogens with zero attached hydrogens (tertiary/aromatic N) is 2. The van der Waals surface area contributed by atoms with Crippen LogP contribution in [0, 0.1) is 0 Å². The van der Waals surface area contributed by atoms with E-state index in [-0.39, 0.29) is 31.1 Å². The molecule has 1 aliphatic heterocycles. The van der Waals surface area contributed by atoms with Gasteiger partial charge in [0.15, 0.2) is 0 Å². The number of hydrogen-bond acceptors (Lipinski definition) is 2. The number of likely N-dealkylation sites (tertiary alicyclic amines) is 1. The second kappa shape index (κ2) is 9.04. The van der Waals surface area contributed by atoms with E-state index < -0.39 is 24.0 Å². The van der Waals surface area contributed by atoms with E-state index in [2.05, 4.69) is 0 Å². The van der Waals surface area contributed by atoms with Gasteiger partial charge in [-0.15, -0.1) is 0 Å². The number of carbonyl (C=O) groups excluding carboxylic acids is 2. The average Bonchev–Trinajstić information content (AvgIpc) is 3.17. The lowest BCUT2D eigenvalue weighted by Crippen LogP contribution is -2.44. The summed E-state index contributed by atoms with van der Waals surface area (Å²) in [5.74, 6) is -2.32. The lowest BCUT2D eigenvalue weighted by atomic mass is 10.1. The van der Waals surface area contributed by atoms with Crippen molar-refractivity contribution in [3.8, 4) is 0 Å². The fraction of sp³-hybridized carbons (Fsp3) is 0.300. The van der Waals surface area contributed by atoms with Gasteiger partial charge in [-0.1, -0.05) is 46.9 Å². The van der Waals surface area contributed by atoms with Gasteiger partial charge in [0.1, 0.15) is 0 Å². The van der Waals surface area contributed by atoms with E-state index in [0.29, 0.717) is 26.1 Å². The van der Waals surface area contributed by atoms with Gasteiger partial charge in [0.2, 0.25) is 0 Å². The van der Waals surface area contributed by atoms with Crippen LogP contribution in [0.15, 0.2) is 42.5 Å².